The van der Waals surface area contributed by atoms with Crippen molar-refractivity contribution in [3.05, 3.63) is 33.8 Å². The number of rotatable bonds is 6. The summed E-state index contributed by atoms with van der Waals surface area (Å²) >= 11 is 11.8. The van der Waals surface area contributed by atoms with E-state index in [1.807, 2.05) is 0 Å². The fraction of sp³-hybridized carbons (Fsp3) is 0.417. The molecule has 1 aromatic carbocycles. The highest BCUT2D eigenvalue weighted by molar-refractivity contribution is 6.35. The first-order chi connectivity index (χ1) is 8.54. The zero-order chi connectivity index (χ0) is 13.5. The van der Waals surface area contributed by atoms with Crippen LogP contribution in [0.3, 0.4) is 0 Å². The standard InChI is InChI=1S/C12H15Cl2NO3/c1-2-18-12(16)7-17-6-11(15)9-4-3-8(13)5-10(9)14/h3-5,11H,2,6-7,15H2,1H3. The highest BCUT2D eigenvalue weighted by atomic mass is 35.5. The first kappa shape index (κ1) is 15.2. The maximum atomic E-state index is 11.0. The predicted octanol–water partition coefficient (Wildman–Crippen LogP) is 2.57. The van der Waals surface area contributed by atoms with Crippen molar-refractivity contribution >= 4 is 29.2 Å². The molecule has 0 saturated heterocycles. The van der Waals surface area contributed by atoms with Gasteiger partial charge in [-0.3, -0.25) is 0 Å². The average molecular weight is 292 g/mol. The summed E-state index contributed by atoms with van der Waals surface area (Å²) in [6, 6.07) is 4.64. The van der Waals surface area contributed by atoms with Crippen LogP contribution >= 0.6 is 23.2 Å². The minimum Gasteiger partial charge on any atom is -0.464 e. The quantitative estimate of drug-likeness (QED) is 0.819. The van der Waals surface area contributed by atoms with Crippen molar-refractivity contribution in [2.45, 2.75) is 13.0 Å². The molecule has 1 aromatic rings. The van der Waals surface area contributed by atoms with E-state index in [9.17, 15) is 4.79 Å². The summed E-state index contributed by atoms with van der Waals surface area (Å²) in [5, 5.41) is 1.03. The van der Waals surface area contributed by atoms with Crippen molar-refractivity contribution in [3.8, 4) is 0 Å². The first-order valence-corrected chi connectivity index (χ1v) is 6.24. The Morgan fingerprint density at radius 1 is 1.44 bits per heavy atom. The minimum atomic E-state index is -0.413. The van der Waals surface area contributed by atoms with E-state index in [1.165, 1.54) is 0 Å². The van der Waals surface area contributed by atoms with Gasteiger partial charge in [-0.25, -0.2) is 4.79 Å². The molecule has 4 nitrogen and oxygen atoms in total. The lowest BCUT2D eigenvalue weighted by Gasteiger charge is -2.14. The molecule has 6 heteroatoms. The van der Waals surface area contributed by atoms with E-state index < -0.39 is 12.0 Å². The number of carbonyl (C=O) groups excluding carboxylic acids is 1. The Morgan fingerprint density at radius 2 is 2.17 bits per heavy atom. The molecule has 0 spiro atoms. The second-order valence-corrected chi connectivity index (χ2v) is 4.44. The molecule has 0 aliphatic rings. The number of hydrogen-bond donors (Lipinski definition) is 1. The van der Waals surface area contributed by atoms with E-state index in [2.05, 4.69) is 0 Å². The maximum Gasteiger partial charge on any atom is 0.332 e. The SMILES string of the molecule is CCOC(=O)COCC(N)c1ccc(Cl)cc1Cl. The summed E-state index contributed by atoms with van der Waals surface area (Å²) in [6.45, 7) is 2.13. The molecule has 0 radical (unpaired) electrons. The van der Waals surface area contributed by atoms with E-state index in [0.717, 1.165) is 5.56 Å². The number of nitrogens with two attached hydrogens (primary N) is 1. The molecule has 1 atom stereocenters. The largest absolute Gasteiger partial charge is 0.464 e. The molecule has 100 valence electrons. The molecule has 1 rings (SSSR count). The lowest BCUT2D eigenvalue weighted by molar-refractivity contribution is -0.148. The summed E-state index contributed by atoms with van der Waals surface area (Å²) in [4.78, 5) is 11.0. The lowest BCUT2D eigenvalue weighted by atomic mass is 10.1. The van der Waals surface area contributed by atoms with Gasteiger partial charge in [-0.2, -0.15) is 0 Å². The van der Waals surface area contributed by atoms with Crippen LogP contribution in [-0.4, -0.2) is 25.8 Å². The van der Waals surface area contributed by atoms with Crippen LogP contribution < -0.4 is 5.73 Å². The Labute approximate surface area is 116 Å². The Kier molecular flexibility index (Phi) is 6.43. The van der Waals surface area contributed by atoms with Crippen molar-refractivity contribution in [2.75, 3.05) is 19.8 Å². The molecule has 1 unspecified atom stereocenters. The molecule has 0 heterocycles. The number of halogens is 2. The van der Waals surface area contributed by atoms with Crippen molar-refractivity contribution < 1.29 is 14.3 Å². The predicted molar refractivity (Wildman–Crippen MR) is 70.8 cm³/mol. The number of ether oxygens (including phenoxy) is 2. The zero-order valence-electron chi connectivity index (χ0n) is 9.99. The fourth-order valence-corrected chi connectivity index (χ4v) is 1.91. The van der Waals surface area contributed by atoms with Crippen LogP contribution in [0.1, 0.15) is 18.5 Å². The number of benzene rings is 1. The molecule has 0 amide bonds. The third-order valence-electron chi connectivity index (χ3n) is 2.18. The Morgan fingerprint density at radius 3 is 2.78 bits per heavy atom. The van der Waals surface area contributed by atoms with Gasteiger partial charge in [0.1, 0.15) is 6.61 Å². The summed E-state index contributed by atoms with van der Waals surface area (Å²) in [6.07, 6.45) is 0. The first-order valence-electron chi connectivity index (χ1n) is 5.48. The Hall–Kier alpha value is -0.810. The topological polar surface area (TPSA) is 61.5 Å². The number of carbonyl (C=O) groups is 1. The molecule has 0 bridgehead atoms. The van der Waals surface area contributed by atoms with Crippen LogP contribution in [0, 0.1) is 0 Å². The van der Waals surface area contributed by atoms with Gasteiger partial charge in [-0.05, 0) is 24.6 Å². The third-order valence-corrected chi connectivity index (χ3v) is 2.75. The van der Waals surface area contributed by atoms with Crippen LogP contribution in [0.15, 0.2) is 18.2 Å². The summed E-state index contributed by atoms with van der Waals surface area (Å²) < 4.78 is 9.88. The van der Waals surface area contributed by atoms with Gasteiger partial charge in [-0.1, -0.05) is 29.3 Å². The molecule has 0 saturated carbocycles. The van der Waals surface area contributed by atoms with E-state index in [4.69, 9.17) is 38.4 Å². The maximum absolute atomic E-state index is 11.0. The fourth-order valence-electron chi connectivity index (χ4n) is 1.36. The molecule has 2 N–H and O–H groups in total. The molecule has 0 fully saturated rings. The Balaban J connectivity index is 2.45. The van der Waals surface area contributed by atoms with Gasteiger partial charge in [0.05, 0.1) is 19.3 Å². The molecule has 0 aliphatic carbocycles. The van der Waals surface area contributed by atoms with Crippen LogP contribution in [0.5, 0.6) is 0 Å². The molecule has 0 aromatic heterocycles. The van der Waals surface area contributed by atoms with E-state index in [1.54, 1.807) is 25.1 Å². The molecule has 0 aliphatic heterocycles. The van der Waals surface area contributed by atoms with Crippen molar-refractivity contribution in [2.24, 2.45) is 5.73 Å². The van der Waals surface area contributed by atoms with E-state index >= 15 is 0 Å². The van der Waals surface area contributed by atoms with Gasteiger partial charge in [0.2, 0.25) is 0 Å². The average Bonchev–Trinajstić information content (AvgIpc) is 2.29. The van der Waals surface area contributed by atoms with E-state index in [0.29, 0.717) is 16.7 Å². The van der Waals surface area contributed by atoms with Crippen molar-refractivity contribution in [3.63, 3.8) is 0 Å². The second kappa shape index (κ2) is 7.59. The smallest absolute Gasteiger partial charge is 0.332 e. The molecular weight excluding hydrogens is 277 g/mol. The zero-order valence-corrected chi connectivity index (χ0v) is 11.5. The number of esters is 1. The Bertz CT molecular complexity index is 412. The minimum absolute atomic E-state index is 0.118. The molecule has 18 heavy (non-hydrogen) atoms. The normalized spacial score (nSPS) is 12.2. The van der Waals surface area contributed by atoms with Crippen LogP contribution in [0.25, 0.3) is 0 Å². The summed E-state index contributed by atoms with van der Waals surface area (Å²) in [5.74, 6) is -0.410. The van der Waals surface area contributed by atoms with Gasteiger partial charge >= 0.3 is 5.97 Å². The van der Waals surface area contributed by atoms with Crippen molar-refractivity contribution in [1.82, 2.24) is 0 Å². The van der Waals surface area contributed by atoms with Gasteiger partial charge < -0.3 is 15.2 Å². The van der Waals surface area contributed by atoms with E-state index in [-0.39, 0.29) is 13.2 Å². The highest BCUT2D eigenvalue weighted by Crippen LogP contribution is 2.25. The van der Waals surface area contributed by atoms with Gasteiger partial charge in [0.15, 0.2) is 0 Å². The number of hydrogen-bond acceptors (Lipinski definition) is 4. The highest BCUT2D eigenvalue weighted by Gasteiger charge is 2.12. The summed E-state index contributed by atoms with van der Waals surface area (Å²) in [7, 11) is 0. The van der Waals surface area contributed by atoms with Crippen LogP contribution in [-0.2, 0) is 14.3 Å². The lowest BCUT2D eigenvalue weighted by Crippen LogP contribution is -2.21. The monoisotopic (exact) mass is 291 g/mol. The third kappa shape index (κ3) is 4.82. The summed E-state index contributed by atoms with van der Waals surface area (Å²) in [5.41, 5.74) is 6.63. The van der Waals surface area contributed by atoms with Crippen LogP contribution in [0.2, 0.25) is 10.0 Å². The molecular formula is C12H15Cl2NO3. The van der Waals surface area contributed by atoms with Gasteiger partial charge in [0.25, 0.3) is 0 Å². The van der Waals surface area contributed by atoms with Gasteiger partial charge in [-0.15, -0.1) is 0 Å². The van der Waals surface area contributed by atoms with Crippen LogP contribution in [0.4, 0.5) is 0 Å². The van der Waals surface area contributed by atoms with Crippen molar-refractivity contribution in [1.29, 1.82) is 0 Å². The van der Waals surface area contributed by atoms with Gasteiger partial charge in [0, 0.05) is 10.0 Å². The second-order valence-electron chi connectivity index (χ2n) is 3.59.